The van der Waals surface area contributed by atoms with Crippen molar-refractivity contribution in [3.05, 3.63) is 35.1 Å². The highest BCUT2D eigenvalue weighted by Crippen LogP contribution is 2.32. The lowest BCUT2D eigenvalue weighted by Gasteiger charge is -2.19. The van der Waals surface area contributed by atoms with Crippen LogP contribution in [0.5, 0.6) is 0 Å². The van der Waals surface area contributed by atoms with E-state index in [0.29, 0.717) is 5.56 Å². The van der Waals surface area contributed by atoms with Gasteiger partial charge in [0.15, 0.2) is 0 Å². The normalized spacial score (nSPS) is 13.9. The Kier molecular flexibility index (Phi) is 5.31. The average molecular weight is 279 g/mol. The van der Waals surface area contributed by atoms with E-state index >= 15 is 0 Å². The molecule has 0 bridgehead atoms. The van der Waals surface area contributed by atoms with E-state index in [1.165, 1.54) is 6.07 Å². The quantitative estimate of drug-likeness (QED) is 0.833. The molecule has 1 atom stereocenters. The molecule has 2 nitrogen and oxygen atoms in total. The van der Waals surface area contributed by atoms with Crippen LogP contribution in [-0.2, 0) is 10.9 Å². The third-order valence-electron chi connectivity index (χ3n) is 2.65. The first kappa shape index (κ1) is 15.9. The molecule has 1 unspecified atom stereocenters. The molecule has 0 aliphatic carbocycles. The second-order valence-corrected chi connectivity index (χ2v) is 4.46. The van der Waals surface area contributed by atoms with Crippen molar-refractivity contribution in [2.75, 3.05) is 13.7 Å². The van der Waals surface area contributed by atoms with Crippen LogP contribution in [0.25, 0.3) is 0 Å². The van der Waals surface area contributed by atoms with Crippen molar-refractivity contribution >= 4 is 0 Å². The van der Waals surface area contributed by atoms with Gasteiger partial charge in [0.2, 0.25) is 0 Å². The monoisotopic (exact) mass is 279 g/mol. The van der Waals surface area contributed by atoms with Crippen LogP contribution in [-0.4, -0.2) is 19.8 Å². The maximum absolute atomic E-state index is 13.5. The van der Waals surface area contributed by atoms with Gasteiger partial charge >= 0.3 is 6.18 Å². The zero-order valence-electron chi connectivity index (χ0n) is 11.0. The van der Waals surface area contributed by atoms with E-state index in [2.05, 4.69) is 5.32 Å². The lowest BCUT2D eigenvalue weighted by molar-refractivity contribution is -0.140. The Morgan fingerprint density at radius 2 is 1.89 bits per heavy atom. The maximum Gasteiger partial charge on any atom is 0.419 e. The number of benzene rings is 1. The van der Waals surface area contributed by atoms with E-state index in [1.807, 2.05) is 13.8 Å². The summed E-state index contributed by atoms with van der Waals surface area (Å²) in [6.07, 6.45) is -4.68. The van der Waals surface area contributed by atoms with Crippen molar-refractivity contribution in [2.45, 2.75) is 32.2 Å². The summed E-state index contributed by atoms with van der Waals surface area (Å²) in [4.78, 5) is 0. The molecular weight excluding hydrogens is 262 g/mol. The van der Waals surface area contributed by atoms with Gasteiger partial charge in [0.25, 0.3) is 0 Å². The molecule has 0 heterocycles. The minimum Gasteiger partial charge on any atom is -0.377 e. The molecule has 19 heavy (non-hydrogen) atoms. The van der Waals surface area contributed by atoms with Crippen molar-refractivity contribution < 1.29 is 22.3 Å². The number of alkyl halides is 3. The summed E-state index contributed by atoms with van der Waals surface area (Å²) in [5, 5.41) is 2.89. The van der Waals surface area contributed by atoms with Gasteiger partial charge in [-0.2, -0.15) is 13.2 Å². The van der Waals surface area contributed by atoms with E-state index in [-0.39, 0.29) is 18.8 Å². The first-order valence-corrected chi connectivity index (χ1v) is 5.91. The first-order chi connectivity index (χ1) is 8.75. The maximum atomic E-state index is 13.5. The van der Waals surface area contributed by atoms with Gasteiger partial charge in [0, 0.05) is 0 Å². The molecule has 0 amide bonds. The van der Waals surface area contributed by atoms with Crippen LogP contribution in [0, 0.1) is 5.82 Å². The molecule has 1 N–H and O–H groups in total. The Bertz CT molecular complexity index is 418. The second-order valence-electron chi connectivity index (χ2n) is 4.46. The molecule has 0 aliphatic rings. The second kappa shape index (κ2) is 6.34. The molecule has 0 saturated heterocycles. The molecule has 0 radical (unpaired) electrons. The fourth-order valence-corrected chi connectivity index (χ4v) is 1.61. The summed E-state index contributed by atoms with van der Waals surface area (Å²) in [7, 11) is 1.64. The van der Waals surface area contributed by atoms with Crippen molar-refractivity contribution in [3.8, 4) is 0 Å². The minimum absolute atomic E-state index is 0.00450. The summed E-state index contributed by atoms with van der Waals surface area (Å²) in [6.45, 7) is 3.96. The van der Waals surface area contributed by atoms with Gasteiger partial charge < -0.3 is 10.1 Å². The van der Waals surface area contributed by atoms with Gasteiger partial charge in [-0.3, -0.25) is 0 Å². The standard InChI is InChI=1S/C13H17F4NO/c1-8(2)19-7-12(18-3)9-4-5-10(11(14)6-9)13(15,16)17/h4-6,8,12,18H,7H2,1-3H3. The Hall–Kier alpha value is -1.14. The molecule has 0 aromatic heterocycles. The summed E-state index contributed by atoms with van der Waals surface area (Å²) in [5.74, 6) is -1.27. The molecule has 0 saturated carbocycles. The first-order valence-electron chi connectivity index (χ1n) is 5.91. The van der Waals surface area contributed by atoms with E-state index < -0.39 is 17.6 Å². The number of nitrogens with one attached hydrogen (secondary N) is 1. The van der Waals surface area contributed by atoms with Crippen LogP contribution in [0.4, 0.5) is 17.6 Å². The van der Waals surface area contributed by atoms with Gasteiger partial charge in [0.05, 0.1) is 24.3 Å². The van der Waals surface area contributed by atoms with E-state index in [0.717, 1.165) is 12.1 Å². The summed E-state index contributed by atoms with van der Waals surface area (Å²) >= 11 is 0. The highest BCUT2D eigenvalue weighted by Gasteiger charge is 2.34. The Morgan fingerprint density at radius 1 is 1.26 bits per heavy atom. The van der Waals surface area contributed by atoms with Gasteiger partial charge in [0.1, 0.15) is 5.82 Å². The Balaban J connectivity index is 2.92. The van der Waals surface area contributed by atoms with E-state index in [4.69, 9.17) is 4.74 Å². The third-order valence-corrected chi connectivity index (χ3v) is 2.65. The molecule has 0 fully saturated rings. The molecule has 0 aliphatic heterocycles. The van der Waals surface area contributed by atoms with Crippen molar-refractivity contribution in [2.24, 2.45) is 0 Å². The SMILES string of the molecule is CNC(COC(C)C)c1ccc(C(F)(F)F)c(F)c1. The highest BCUT2D eigenvalue weighted by atomic mass is 19.4. The number of rotatable bonds is 5. The summed E-state index contributed by atoms with van der Waals surface area (Å²) in [6, 6.07) is 2.56. The topological polar surface area (TPSA) is 21.3 Å². The largest absolute Gasteiger partial charge is 0.419 e. The predicted octanol–water partition coefficient (Wildman–Crippen LogP) is 3.53. The molecule has 1 aromatic carbocycles. The molecule has 6 heteroatoms. The van der Waals surface area contributed by atoms with Crippen molar-refractivity contribution in [1.29, 1.82) is 0 Å². The van der Waals surface area contributed by atoms with Gasteiger partial charge in [-0.05, 0) is 38.6 Å². The molecule has 108 valence electrons. The average Bonchev–Trinajstić information content (AvgIpc) is 2.27. The number of halogens is 4. The van der Waals surface area contributed by atoms with Crippen LogP contribution in [0.2, 0.25) is 0 Å². The van der Waals surface area contributed by atoms with Crippen molar-refractivity contribution in [1.82, 2.24) is 5.32 Å². The zero-order chi connectivity index (χ0) is 14.6. The van der Waals surface area contributed by atoms with Crippen LogP contribution < -0.4 is 5.32 Å². The summed E-state index contributed by atoms with van der Waals surface area (Å²) < 4.78 is 56.1. The molecule has 1 rings (SSSR count). The minimum atomic E-state index is -4.67. The predicted molar refractivity (Wildman–Crippen MR) is 64.3 cm³/mol. The lowest BCUT2D eigenvalue weighted by atomic mass is 10.0. The van der Waals surface area contributed by atoms with Gasteiger partial charge in [-0.15, -0.1) is 0 Å². The highest BCUT2D eigenvalue weighted by molar-refractivity contribution is 5.28. The number of ether oxygens (including phenoxy) is 1. The van der Waals surface area contributed by atoms with Crippen LogP contribution in [0.15, 0.2) is 18.2 Å². The third kappa shape index (κ3) is 4.47. The number of hydrogen-bond acceptors (Lipinski definition) is 2. The molecule has 1 aromatic rings. The smallest absolute Gasteiger partial charge is 0.377 e. The number of hydrogen-bond donors (Lipinski definition) is 1. The van der Waals surface area contributed by atoms with E-state index in [1.54, 1.807) is 7.05 Å². The van der Waals surface area contributed by atoms with Gasteiger partial charge in [-0.1, -0.05) is 6.07 Å². The number of likely N-dealkylation sites (N-methyl/N-ethyl adjacent to an activating group) is 1. The fraction of sp³-hybridized carbons (Fsp3) is 0.538. The summed E-state index contributed by atoms with van der Waals surface area (Å²) in [5.41, 5.74) is -0.829. The Labute approximate surface area is 109 Å². The van der Waals surface area contributed by atoms with Crippen LogP contribution >= 0.6 is 0 Å². The lowest BCUT2D eigenvalue weighted by Crippen LogP contribution is -2.24. The van der Waals surface area contributed by atoms with Crippen LogP contribution in [0.1, 0.15) is 31.0 Å². The van der Waals surface area contributed by atoms with E-state index in [9.17, 15) is 17.6 Å². The molecular formula is C13H17F4NO. The Morgan fingerprint density at radius 3 is 2.32 bits per heavy atom. The van der Waals surface area contributed by atoms with Crippen LogP contribution in [0.3, 0.4) is 0 Å². The molecule has 0 spiro atoms. The van der Waals surface area contributed by atoms with Crippen molar-refractivity contribution in [3.63, 3.8) is 0 Å². The fourth-order valence-electron chi connectivity index (χ4n) is 1.61. The zero-order valence-corrected chi connectivity index (χ0v) is 11.0. The van der Waals surface area contributed by atoms with Gasteiger partial charge in [-0.25, -0.2) is 4.39 Å².